The van der Waals surface area contributed by atoms with E-state index < -0.39 is 10.1 Å². The van der Waals surface area contributed by atoms with Crippen molar-refractivity contribution in [1.82, 2.24) is 0 Å². The van der Waals surface area contributed by atoms with E-state index in [-0.39, 0.29) is 5.75 Å². The maximum atomic E-state index is 11.0. The average molecular weight is 398 g/mol. The van der Waals surface area contributed by atoms with Crippen molar-refractivity contribution in [3.05, 3.63) is 58.3 Å². The quantitative estimate of drug-likeness (QED) is 0.619. The lowest BCUT2D eigenvalue weighted by Crippen LogP contribution is -2.31. The molecule has 0 aliphatic carbocycles. The van der Waals surface area contributed by atoms with Gasteiger partial charge in [0.2, 0.25) is 5.69 Å². The van der Waals surface area contributed by atoms with Crippen LogP contribution in [0.15, 0.2) is 52.5 Å². The van der Waals surface area contributed by atoms with E-state index in [9.17, 15) is 8.42 Å². The number of hydrogen-bond donors (Lipinski definition) is 1. The summed E-state index contributed by atoms with van der Waals surface area (Å²) in [6.45, 7) is 0.475. The molecule has 0 spiro atoms. The highest BCUT2D eigenvalue weighted by atomic mass is 35.5. The van der Waals surface area contributed by atoms with Crippen LogP contribution in [0.3, 0.4) is 0 Å². The van der Waals surface area contributed by atoms with Gasteiger partial charge in [-0.25, -0.2) is 4.57 Å². The molecule has 0 saturated heterocycles. The number of benzene rings is 1. The smallest absolute Gasteiger partial charge is 0.264 e. The molecule has 1 aliphatic heterocycles. The largest absolute Gasteiger partial charge is 0.335 e. The molecule has 0 saturated carbocycles. The molecule has 0 atom stereocenters. The van der Waals surface area contributed by atoms with Gasteiger partial charge in [-0.1, -0.05) is 23.4 Å². The zero-order chi connectivity index (χ0) is 18.0. The minimum absolute atomic E-state index is 0.267. The minimum Gasteiger partial charge on any atom is -0.335 e. The first-order valence-corrected chi connectivity index (χ1v) is 10.5. The van der Waals surface area contributed by atoms with Gasteiger partial charge in [0.05, 0.1) is 16.5 Å². The molecule has 1 N–H and O–H groups in total. The number of nitrogens with zero attached hydrogens (tertiary/aromatic N) is 2. The molecule has 1 aliphatic rings. The van der Waals surface area contributed by atoms with Gasteiger partial charge in [-0.05, 0) is 30.7 Å². The van der Waals surface area contributed by atoms with Crippen molar-refractivity contribution in [3.8, 4) is 0 Å². The summed E-state index contributed by atoms with van der Waals surface area (Å²) in [6, 6.07) is 11.6. The van der Waals surface area contributed by atoms with E-state index in [1.165, 1.54) is 0 Å². The fraction of sp³-hybridized carbons (Fsp3) is 0.235. The Morgan fingerprint density at radius 3 is 2.84 bits per heavy atom. The molecular formula is C17H18ClN2O3S2+. The Bertz CT molecular complexity index is 929. The molecule has 0 radical (unpaired) electrons. The molecule has 2 heterocycles. The van der Waals surface area contributed by atoms with Gasteiger partial charge in [-0.2, -0.15) is 8.42 Å². The van der Waals surface area contributed by atoms with Gasteiger partial charge in [-0.15, -0.1) is 0 Å². The lowest BCUT2D eigenvalue weighted by molar-refractivity contribution is -0.673. The Kier molecular flexibility index (Phi) is 5.38. The topological polar surface area (TPSA) is 61.5 Å². The predicted molar refractivity (Wildman–Crippen MR) is 101 cm³/mol. The van der Waals surface area contributed by atoms with Crippen molar-refractivity contribution in [2.24, 2.45) is 7.05 Å². The Labute approximate surface area is 156 Å². The molecule has 0 unspecified atom stereocenters. The molecule has 132 valence electrons. The Balaban J connectivity index is 1.93. The third-order valence-electron chi connectivity index (χ3n) is 3.84. The van der Waals surface area contributed by atoms with Crippen molar-refractivity contribution in [2.45, 2.75) is 11.3 Å². The molecule has 1 aromatic heterocycles. The fourth-order valence-electron chi connectivity index (χ4n) is 2.63. The molecular weight excluding hydrogens is 380 g/mol. The van der Waals surface area contributed by atoms with Crippen LogP contribution in [0.5, 0.6) is 0 Å². The van der Waals surface area contributed by atoms with E-state index in [4.69, 9.17) is 16.2 Å². The number of rotatable bonds is 5. The molecule has 0 amide bonds. The first kappa shape index (κ1) is 18.3. The number of anilines is 1. The summed E-state index contributed by atoms with van der Waals surface area (Å²) in [5, 5.41) is 1.63. The Hall–Kier alpha value is -1.54. The molecule has 0 bridgehead atoms. The standard InChI is InChI=1S/C17H17ClN2O3S2/c1-19-8-3-2-5-14(19)12-17-20(9-4-10-25(21,22)23)15-11-13(18)6-7-16(15)24-17/h2-3,5-8,11-12H,4,9-10H2,1H3/p+1. The summed E-state index contributed by atoms with van der Waals surface area (Å²) in [4.78, 5) is 3.12. The van der Waals surface area contributed by atoms with E-state index in [2.05, 4.69) is 6.08 Å². The Morgan fingerprint density at radius 2 is 2.12 bits per heavy atom. The van der Waals surface area contributed by atoms with E-state index >= 15 is 0 Å². The summed E-state index contributed by atoms with van der Waals surface area (Å²) >= 11 is 7.75. The maximum absolute atomic E-state index is 11.0. The number of pyridine rings is 1. The van der Waals surface area contributed by atoms with Crippen LogP contribution in [-0.2, 0) is 17.2 Å². The van der Waals surface area contributed by atoms with E-state index in [0.717, 1.165) is 21.3 Å². The van der Waals surface area contributed by atoms with Crippen molar-refractivity contribution in [2.75, 3.05) is 17.2 Å². The van der Waals surface area contributed by atoms with Crippen molar-refractivity contribution < 1.29 is 17.5 Å². The summed E-state index contributed by atoms with van der Waals surface area (Å²) < 4.78 is 33.0. The highest BCUT2D eigenvalue weighted by molar-refractivity contribution is 8.03. The van der Waals surface area contributed by atoms with Crippen LogP contribution in [0.25, 0.3) is 6.08 Å². The van der Waals surface area contributed by atoms with E-state index in [0.29, 0.717) is 18.0 Å². The van der Waals surface area contributed by atoms with Crippen molar-refractivity contribution in [1.29, 1.82) is 0 Å². The van der Waals surface area contributed by atoms with Gasteiger partial charge < -0.3 is 4.90 Å². The van der Waals surface area contributed by atoms with Crippen molar-refractivity contribution in [3.63, 3.8) is 0 Å². The minimum atomic E-state index is -3.97. The van der Waals surface area contributed by atoms with E-state index in [1.807, 2.05) is 59.1 Å². The zero-order valence-electron chi connectivity index (χ0n) is 13.6. The van der Waals surface area contributed by atoms with Crippen LogP contribution in [-0.4, -0.2) is 25.3 Å². The first-order chi connectivity index (χ1) is 11.8. The molecule has 1 aromatic carbocycles. The molecule has 2 aromatic rings. The van der Waals surface area contributed by atoms with Crippen molar-refractivity contribution >= 4 is 45.2 Å². The second-order valence-corrected chi connectivity index (χ2v) is 8.80. The second-order valence-electron chi connectivity index (χ2n) is 5.72. The lowest BCUT2D eigenvalue weighted by atomic mass is 10.2. The predicted octanol–water partition coefficient (Wildman–Crippen LogP) is 3.35. The summed E-state index contributed by atoms with van der Waals surface area (Å²) in [5.74, 6) is -0.267. The molecule has 25 heavy (non-hydrogen) atoms. The van der Waals surface area contributed by atoms with Crippen LogP contribution in [0.1, 0.15) is 12.1 Å². The van der Waals surface area contributed by atoms with Crippen LogP contribution >= 0.6 is 23.4 Å². The number of aromatic nitrogens is 1. The lowest BCUT2D eigenvalue weighted by Gasteiger charge is -2.20. The highest BCUT2D eigenvalue weighted by Crippen LogP contribution is 2.47. The van der Waals surface area contributed by atoms with Crippen LogP contribution in [0.4, 0.5) is 5.69 Å². The van der Waals surface area contributed by atoms with Gasteiger partial charge in [0.25, 0.3) is 10.1 Å². The summed E-state index contributed by atoms with van der Waals surface area (Å²) in [7, 11) is -2.00. The molecule has 0 fully saturated rings. The van der Waals surface area contributed by atoms with E-state index in [1.54, 1.807) is 11.8 Å². The number of aryl methyl sites for hydroxylation is 1. The van der Waals surface area contributed by atoms with Gasteiger partial charge in [0, 0.05) is 34.7 Å². The van der Waals surface area contributed by atoms with Crippen LogP contribution in [0, 0.1) is 0 Å². The molecule has 5 nitrogen and oxygen atoms in total. The summed E-state index contributed by atoms with van der Waals surface area (Å²) in [5.41, 5.74) is 1.99. The number of hydrogen-bond acceptors (Lipinski definition) is 4. The number of thioether (sulfide) groups is 1. The third-order valence-corrected chi connectivity index (χ3v) is 5.99. The van der Waals surface area contributed by atoms with Gasteiger partial charge >= 0.3 is 0 Å². The third kappa shape index (κ3) is 4.55. The first-order valence-electron chi connectivity index (χ1n) is 7.70. The Morgan fingerprint density at radius 1 is 1.32 bits per heavy atom. The monoisotopic (exact) mass is 397 g/mol. The second kappa shape index (κ2) is 7.37. The van der Waals surface area contributed by atoms with Gasteiger partial charge in [-0.3, -0.25) is 4.55 Å². The SMILES string of the molecule is C[n+]1ccccc1/C=C1\Sc2ccc(Cl)cc2N1CCCS(=O)(=O)O. The zero-order valence-corrected chi connectivity index (χ0v) is 16.0. The normalized spacial score (nSPS) is 15.6. The number of fused-ring (bicyclic) bond motifs is 1. The van der Waals surface area contributed by atoms with Crippen LogP contribution in [0.2, 0.25) is 5.02 Å². The average Bonchev–Trinajstić information content (AvgIpc) is 2.86. The number of halogens is 1. The fourth-order valence-corrected chi connectivity index (χ4v) is 4.41. The maximum Gasteiger partial charge on any atom is 0.264 e. The van der Waals surface area contributed by atoms with Gasteiger partial charge in [0.1, 0.15) is 7.05 Å². The summed E-state index contributed by atoms with van der Waals surface area (Å²) in [6.07, 6.45) is 4.36. The molecule has 8 heteroatoms. The van der Waals surface area contributed by atoms with Gasteiger partial charge in [0.15, 0.2) is 6.20 Å². The van der Waals surface area contributed by atoms with Crippen LogP contribution < -0.4 is 9.47 Å². The highest BCUT2D eigenvalue weighted by Gasteiger charge is 2.26. The molecule has 3 rings (SSSR count).